The first-order valence-corrected chi connectivity index (χ1v) is 8.04. The van der Waals surface area contributed by atoms with E-state index >= 15 is 0 Å². The second kappa shape index (κ2) is 7.81. The molecule has 23 heavy (non-hydrogen) atoms. The maximum absolute atomic E-state index is 13.2. The Morgan fingerprint density at radius 3 is 2.96 bits per heavy atom. The normalized spacial score (nSPS) is 23.5. The Hall–Kier alpha value is -1.57. The van der Waals surface area contributed by atoms with Crippen LogP contribution in [0.1, 0.15) is 16.8 Å². The van der Waals surface area contributed by atoms with Crippen molar-refractivity contribution in [2.75, 3.05) is 52.5 Å². The molecular weight excluding hydrogens is 301 g/mol. The van der Waals surface area contributed by atoms with Crippen molar-refractivity contribution in [3.63, 3.8) is 0 Å². The van der Waals surface area contributed by atoms with Crippen LogP contribution in [0.2, 0.25) is 0 Å². The maximum Gasteiger partial charge on any atom is 0.255 e. The minimum Gasteiger partial charge on any atom is -0.376 e. The molecule has 0 N–H and O–H groups in total. The summed E-state index contributed by atoms with van der Waals surface area (Å²) in [7, 11) is 0. The van der Waals surface area contributed by atoms with Gasteiger partial charge in [0.25, 0.3) is 5.91 Å². The largest absolute Gasteiger partial charge is 0.376 e. The summed E-state index contributed by atoms with van der Waals surface area (Å²) in [4.78, 5) is 20.3. The molecule has 0 bridgehead atoms. The molecule has 7 heteroatoms. The number of nitrogens with zero attached hydrogens (tertiary/aromatic N) is 3. The summed E-state index contributed by atoms with van der Waals surface area (Å²) in [5.41, 5.74) is 0.308. The number of pyridine rings is 1. The van der Waals surface area contributed by atoms with Crippen molar-refractivity contribution in [3.05, 3.63) is 29.8 Å². The molecule has 6 nitrogen and oxygen atoms in total. The van der Waals surface area contributed by atoms with Crippen LogP contribution in [0.3, 0.4) is 0 Å². The van der Waals surface area contributed by atoms with Gasteiger partial charge in [0.1, 0.15) is 5.82 Å². The monoisotopic (exact) mass is 323 g/mol. The molecule has 0 aliphatic carbocycles. The summed E-state index contributed by atoms with van der Waals surface area (Å²) in [6.07, 6.45) is 3.52. The zero-order valence-electron chi connectivity index (χ0n) is 13.1. The molecule has 2 saturated heterocycles. The lowest BCUT2D eigenvalue weighted by Crippen LogP contribution is -2.42. The lowest BCUT2D eigenvalue weighted by atomic mass is 10.2. The minimum atomic E-state index is -0.484. The van der Waals surface area contributed by atoms with Crippen LogP contribution in [0.15, 0.2) is 18.5 Å². The summed E-state index contributed by atoms with van der Waals surface area (Å²) in [6.45, 7) is 5.78. The zero-order chi connectivity index (χ0) is 16.1. The van der Waals surface area contributed by atoms with E-state index in [0.29, 0.717) is 38.5 Å². The smallest absolute Gasteiger partial charge is 0.255 e. The Morgan fingerprint density at radius 2 is 2.17 bits per heavy atom. The molecule has 3 heterocycles. The highest BCUT2D eigenvalue weighted by atomic mass is 19.1. The highest BCUT2D eigenvalue weighted by Gasteiger charge is 2.23. The third-order valence-electron chi connectivity index (χ3n) is 4.17. The van der Waals surface area contributed by atoms with E-state index in [1.807, 2.05) is 0 Å². The van der Waals surface area contributed by atoms with Gasteiger partial charge >= 0.3 is 0 Å². The lowest BCUT2D eigenvalue weighted by molar-refractivity contribution is -0.0971. The molecule has 0 spiro atoms. The van der Waals surface area contributed by atoms with Crippen molar-refractivity contribution in [3.8, 4) is 0 Å². The van der Waals surface area contributed by atoms with Crippen molar-refractivity contribution < 1.29 is 18.7 Å². The molecule has 2 aliphatic rings. The Kier molecular flexibility index (Phi) is 5.53. The lowest BCUT2D eigenvalue weighted by Gasteiger charge is -2.29. The van der Waals surface area contributed by atoms with Gasteiger partial charge in [-0.15, -0.1) is 0 Å². The third kappa shape index (κ3) is 4.46. The molecule has 0 radical (unpaired) electrons. The molecule has 1 unspecified atom stereocenters. The molecule has 2 fully saturated rings. The molecule has 1 atom stereocenters. The zero-order valence-corrected chi connectivity index (χ0v) is 13.1. The van der Waals surface area contributed by atoms with Crippen LogP contribution < -0.4 is 0 Å². The molecule has 1 amide bonds. The van der Waals surface area contributed by atoms with E-state index in [-0.39, 0.29) is 12.0 Å². The highest BCUT2D eigenvalue weighted by Crippen LogP contribution is 2.11. The standard InChI is InChI=1S/C16H22FN3O3/c17-14-8-13(9-18-10-14)16(21)20-3-1-2-19(4-5-20)11-15-12-22-6-7-23-15/h8-10,15H,1-7,11-12H2. The minimum absolute atomic E-state index is 0.110. The number of carbonyl (C=O) groups excluding carboxylic acids is 1. The van der Waals surface area contributed by atoms with Crippen molar-refractivity contribution in [1.82, 2.24) is 14.8 Å². The van der Waals surface area contributed by atoms with E-state index in [4.69, 9.17) is 9.47 Å². The quantitative estimate of drug-likeness (QED) is 0.823. The molecule has 3 rings (SSSR count). The first-order chi connectivity index (χ1) is 11.2. The number of rotatable bonds is 3. The van der Waals surface area contributed by atoms with E-state index in [9.17, 15) is 9.18 Å². The van der Waals surface area contributed by atoms with E-state index in [1.54, 1.807) is 4.90 Å². The van der Waals surface area contributed by atoms with Crippen LogP contribution in [-0.4, -0.2) is 79.3 Å². The molecular formula is C16H22FN3O3. The maximum atomic E-state index is 13.2. The van der Waals surface area contributed by atoms with Gasteiger partial charge in [0.2, 0.25) is 0 Å². The fourth-order valence-electron chi connectivity index (χ4n) is 3.00. The van der Waals surface area contributed by atoms with Crippen LogP contribution >= 0.6 is 0 Å². The molecule has 0 saturated carbocycles. The van der Waals surface area contributed by atoms with E-state index in [2.05, 4.69) is 9.88 Å². The summed E-state index contributed by atoms with van der Waals surface area (Å²) in [5.74, 6) is -0.641. The Morgan fingerprint density at radius 1 is 1.26 bits per heavy atom. The predicted octanol–water partition coefficient (Wildman–Crippen LogP) is 0.784. The number of hydrogen-bond donors (Lipinski definition) is 0. The molecule has 1 aromatic rings. The van der Waals surface area contributed by atoms with E-state index in [0.717, 1.165) is 32.3 Å². The van der Waals surface area contributed by atoms with Gasteiger partial charge in [-0.05, 0) is 19.0 Å². The van der Waals surface area contributed by atoms with Crippen LogP contribution in [0.25, 0.3) is 0 Å². The first-order valence-electron chi connectivity index (χ1n) is 8.04. The van der Waals surface area contributed by atoms with Gasteiger partial charge in [-0.2, -0.15) is 0 Å². The highest BCUT2D eigenvalue weighted by molar-refractivity contribution is 5.93. The fourth-order valence-corrected chi connectivity index (χ4v) is 3.00. The van der Waals surface area contributed by atoms with Gasteiger partial charge in [-0.25, -0.2) is 4.39 Å². The summed E-state index contributed by atoms with van der Waals surface area (Å²) >= 11 is 0. The molecule has 126 valence electrons. The van der Waals surface area contributed by atoms with Crippen molar-refractivity contribution in [1.29, 1.82) is 0 Å². The predicted molar refractivity (Wildman–Crippen MR) is 81.7 cm³/mol. The molecule has 1 aromatic heterocycles. The van der Waals surface area contributed by atoms with Gasteiger partial charge in [0, 0.05) is 32.4 Å². The second-order valence-electron chi connectivity index (χ2n) is 5.91. The molecule has 2 aliphatic heterocycles. The van der Waals surface area contributed by atoms with Gasteiger partial charge in [0.15, 0.2) is 0 Å². The SMILES string of the molecule is O=C(c1cncc(F)c1)N1CCCN(CC2COCCO2)CC1. The van der Waals surface area contributed by atoms with E-state index in [1.165, 1.54) is 12.3 Å². The van der Waals surface area contributed by atoms with Crippen molar-refractivity contribution >= 4 is 5.91 Å². The van der Waals surface area contributed by atoms with Gasteiger partial charge in [0.05, 0.1) is 37.7 Å². The average Bonchev–Trinajstić information content (AvgIpc) is 2.81. The van der Waals surface area contributed by atoms with Crippen molar-refractivity contribution in [2.24, 2.45) is 0 Å². The first kappa shape index (κ1) is 16.3. The fraction of sp³-hybridized carbons (Fsp3) is 0.625. The van der Waals surface area contributed by atoms with Gasteiger partial charge < -0.3 is 14.4 Å². The number of hydrogen-bond acceptors (Lipinski definition) is 5. The number of amides is 1. The average molecular weight is 323 g/mol. The Bertz CT molecular complexity index is 537. The van der Waals surface area contributed by atoms with Crippen LogP contribution in [0, 0.1) is 5.82 Å². The summed E-state index contributed by atoms with van der Waals surface area (Å²) in [5, 5.41) is 0. The Labute approximate surface area is 135 Å². The van der Waals surface area contributed by atoms with E-state index < -0.39 is 5.82 Å². The summed E-state index contributed by atoms with van der Waals surface area (Å²) in [6, 6.07) is 1.24. The molecule has 0 aromatic carbocycles. The van der Waals surface area contributed by atoms with Crippen LogP contribution in [0.4, 0.5) is 4.39 Å². The van der Waals surface area contributed by atoms with Crippen molar-refractivity contribution in [2.45, 2.75) is 12.5 Å². The van der Waals surface area contributed by atoms with Gasteiger partial charge in [-0.1, -0.05) is 0 Å². The number of halogens is 1. The second-order valence-corrected chi connectivity index (χ2v) is 5.91. The topological polar surface area (TPSA) is 54.9 Å². The number of carbonyl (C=O) groups is 1. The summed E-state index contributed by atoms with van der Waals surface area (Å²) < 4.78 is 24.3. The number of ether oxygens (including phenoxy) is 2. The Balaban J connectivity index is 1.54. The van der Waals surface area contributed by atoms with Gasteiger partial charge in [-0.3, -0.25) is 14.7 Å². The number of aromatic nitrogens is 1. The van der Waals surface area contributed by atoms with Crippen LogP contribution in [-0.2, 0) is 9.47 Å². The third-order valence-corrected chi connectivity index (χ3v) is 4.17. The van der Waals surface area contributed by atoms with Crippen LogP contribution in [0.5, 0.6) is 0 Å².